The normalized spacial score (nSPS) is 11.3. The van der Waals surface area contributed by atoms with Gasteiger partial charge in [-0.25, -0.2) is 17.9 Å². The zero-order valence-electron chi connectivity index (χ0n) is 16.7. The molecule has 1 amide bonds. The predicted molar refractivity (Wildman–Crippen MR) is 105 cm³/mol. The van der Waals surface area contributed by atoms with Gasteiger partial charge in [-0.1, -0.05) is 0 Å². The van der Waals surface area contributed by atoms with Gasteiger partial charge in [0.2, 0.25) is 5.91 Å². The van der Waals surface area contributed by atoms with Crippen molar-refractivity contribution >= 4 is 17.2 Å². The first-order valence-electron chi connectivity index (χ1n) is 9.51. The van der Waals surface area contributed by atoms with E-state index in [1.165, 1.54) is 0 Å². The van der Waals surface area contributed by atoms with Crippen molar-refractivity contribution in [3.63, 3.8) is 0 Å². The summed E-state index contributed by atoms with van der Waals surface area (Å²) in [5.74, 6) is -3.61. The van der Waals surface area contributed by atoms with Crippen molar-refractivity contribution in [3.05, 3.63) is 65.0 Å². The standard InChI is InChI=1S/C20H18F3N7O/c1-11-8-12(2)29(27-11)18-7-6-17-26-25-16(30(17)28-18)4-3-5-19(31)24-13-9-14(21)20(23)15(22)10-13/h6-10H,3-5H2,1-2H3,(H,24,31). The molecule has 11 heteroatoms. The molecule has 0 fully saturated rings. The number of halogens is 3. The minimum absolute atomic E-state index is 0.0622. The van der Waals surface area contributed by atoms with Crippen molar-refractivity contribution in [2.45, 2.75) is 33.1 Å². The average Bonchev–Trinajstić information content (AvgIpc) is 3.27. The second-order valence-corrected chi connectivity index (χ2v) is 7.07. The summed E-state index contributed by atoms with van der Waals surface area (Å²) in [7, 11) is 0. The first kappa shape index (κ1) is 20.5. The number of benzene rings is 1. The quantitative estimate of drug-likeness (QED) is 0.475. The molecule has 0 aliphatic rings. The minimum atomic E-state index is -1.58. The first-order chi connectivity index (χ1) is 14.8. The first-order valence-corrected chi connectivity index (χ1v) is 9.51. The fourth-order valence-corrected chi connectivity index (χ4v) is 3.21. The number of nitrogens with zero attached hydrogens (tertiary/aromatic N) is 6. The van der Waals surface area contributed by atoms with Crippen molar-refractivity contribution in [2.75, 3.05) is 5.32 Å². The number of anilines is 1. The fraction of sp³-hybridized carbons (Fsp3) is 0.250. The third-order valence-corrected chi connectivity index (χ3v) is 4.61. The van der Waals surface area contributed by atoms with Crippen LogP contribution >= 0.6 is 0 Å². The average molecular weight is 429 g/mol. The van der Waals surface area contributed by atoms with E-state index in [1.807, 2.05) is 19.9 Å². The van der Waals surface area contributed by atoms with Gasteiger partial charge in [0, 0.05) is 36.4 Å². The molecule has 0 saturated heterocycles. The Bertz CT molecular complexity index is 1260. The number of aromatic nitrogens is 6. The fourth-order valence-electron chi connectivity index (χ4n) is 3.21. The lowest BCUT2D eigenvalue weighted by atomic mass is 10.2. The third kappa shape index (κ3) is 4.25. The summed E-state index contributed by atoms with van der Waals surface area (Å²) >= 11 is 0. The van der Waals surface area contributed by atoms with Crippen LogP contribution in [0.1, 0.15) is 30.1 Å². The molecule has 8 nitrogen and oxygen atoms in total. The molecule has 4 aromatic rings. The summed E-state index contributed by atoms with van der Waals surface area (Å²) in [6.07, 6.45) is 0.853. The molecular weight excluding hydrogens is 411 g/mol. The van der Waals surface area contributed by atoms with Gasteiger partial charge in [0.15, 0.2) is 34.7 Å². The van der Waals surface area contributed by atoms with Crippen LogP contribution in [0.3, 0.4) is 0 Å². The molecule has 1 N–H and O–H groups in total. The van der Waals surface area contributed by atoms with E-state index in [0.29, 0.717) is 30.1 Å². The maximum atomic E-state index is 13.3. The van der Waals surface area contributed by atoms with Crippen LogP contribution in [0.4, 0.5) is 18.9 Å². The van der Waals surface area contributed by atoms with Gasteiger partial charge in [-0.2, -0.15) is 9.61 Å². The second-order valence-electron chi connectivity index (χ2n) is 7.07. The van der Waals surface area contributed by atoms with Crippen molar-refractivity contribution in [1.82, 2.24) is 29.6 Å². The molecule has 3 heterocycles. The van der Waals surface area contributed by atoms with E-state index in [-0.39, 0.29) is 12.1 Å². The zero-order valence-corrected chi connectivity index (χ0v) is 16.7. The van der Waals surface area contributed by atoms with Gasteiger partial charge in [0.1, 0.15) is 0 Å². The number of carbonyl (C=O) groups is 1. The predicted octanol–water partition coefficient (Wildman–Crippen LogP) is 3.31. The molecule has 0 atom stereocenters. The Morgan fingerprint density at radius 2 is 1.77 bits per heavy atom. The Morgan fingerprint density at radius 1 is 1.03 bits per heavy atom. The van der Waals surface area contributed by atoms with Gasteiger partial charge in [-0.3, -0.25) is 4.79 Å². The minimum Gasteiger partial charge on any atom is -0.326 e. The van der Waals surface area contributed by atoms with Gasteiger partial charge in [0.05, 0.1) is 5.69 Å². The van der Waals surface area contributed by atoms with Crippen molar-refractivity contribution in [2.24, 2.45) is 0 Å². The maximum absolute atomic E-state index is 13.3. The van der Waals surface area contributed by atoms with E-state index in [9.17, 15) is 18.0 Å². The number of amides is 1. The number of hydrogen-bond donors (Lipinski definition) is 1. The summed E-state index contributed by atoms with van der Waals surface area (Å²) in [5.41, 5.74) is 2.21. The Labute approximate surface area is 174 Å². The van der Waals surface area contributed by atoms with Gasteiger partial charge < -0.3 is 5.32 Å². The van der Waals surface area contributed by atoms with E-state index in [0.717, 1.165) is 23.5 Å². The SMILES string of the molecule is Cc1cc(C)n(-c2ccc3nnc(CCCC(=O)Nc4cc(F)c(F)c(F)c4)n3n2)n1. The number of nitrogens with one attached hydrogen (secondary N) is 1. The molecule has 0 bridgehead atoms. The molecule has 3 aromatic heterocycles. The molecule has 0 aliphatic heterocycles. The highest BCUT2D eigenvalue weighted by Crippen LogP contribution is 2.18. The summed E-state index contributed by atoms with van der Waals surface area (Å²) in [4.78, 5) is 12.1. The van der Waals surface area contributed by atoms with Crippen LogP contribution in [0.25, 0.3) is 11.5 Å². The molecule has 0 saturated carbocycles. The molecule has 31 heavy (non-hydrogen) atoms. The van der Waals surface area contributed by atoms with Crippen LogP contribution in [0.15, 0.2) is 30.3 Å². The van der Waals surface area contributed by atoms with Crippen LogP contribution in [0.5, 0.6) is 0 Å². The lowest BCUT2D eigenvalue weighted by Gasteiger charge is -2.07. The van der Waals surface area contributed by atoms with Crippen LogP contribution < -0.4 is 5.32 Å². The van der Waals surface area contributed by atoms with E-state index < -0.39 is 23.4 Å². The number of carbonyl (C=O) groups excluding carboxylic acids is 1. The van der Waals surface area contributed by atoms with Crippen LogP contribution in [0.2, 0.25) is 0 Å². The third-order valence-electron chi connectivity index (χ3n) is 4.61. The van der Waals surface area contributed by atoms with Crippen LogP contribution in [-0.4, -0.2) is 35.5 Å². The molecule has 0 aliphatic carbocycles. The van der Waals surface area contributed by atoms with Crippen LogP contribution in [0, 0.1) is 31.3 Å². The molecule has 4 rings (SSSR count). The van der Waals surface area contributed by atoms with Crippen molar-refractivity contribution in [1.29, 1.82) is 0 Å². The molecule has 1 aromatic carbocycles. The highest BCUT2D eigenvalue weighted by atomic mass is 19.2. The monoisotopic (exact) mass is 429 g/mol. The van der Waals surface area contributed by atoms with E-state index in [1.54, 1.807) is 21.3 Å². The van der Waals surface area contributed by atoms with Gasteiger partial charge >= 0.3 is 0 Å². The lowest BCUT2D eigenvalue weighted by Crippen LogP contribution is -2.13. The zero-order chi connectivity index (χ0) is 22.1. The number of hydrogen-bond acceptors (Lipinski definition) is 5. The Hall–Kier alpha value is -3.76. The number of rotatable bonds is 6. The number of aryl methyl sites for hydroxylation is 3. The summed E-state index contributed by atoms with van der Waals surface area (Å²) in [5, 5.41) is 19.5. The van der Waals surface area contributed by atoms with Gasteiger partial charge in [-0.05, 0) is 38.5 Å². The molecule has 0 radical (unpaired) electrons. The Kier molecular flexibility index (Phi) is 5.40. The summed E-state index contributed by atoms with van der Waals surface area (Å²) in [6, 6.07) is 6.97. The van der Waals surface area contributed by atoms with Gasteiger partial charge in [-0.15, -0.1) is 15.3 Å². The summed E-state index contributed by atoms with van der Waals surface area (Å²) < 4.78 is 42.8. The molecular formula is C20H18F3N7O. The Morgan fingerprint density at radius 3 is 2.45 bits per heavy atom. The smallest absolute Gasteiger partial charge is 0.224 e. The van der Waals surface area contributed by atoms with E-state index >= 15 is 0 Å². The van der Waals surface area contributed by atoms with Crippen LogP contribution in [-0.2, 0) is 11.2 Å². The molecule has 0 unspecified atom stereocenters. The van der Waals surface area contributed by atoms with E-state index in [2.05, 4.69) is 25.7 Å². The Balaban J connectivity index is 1.43. The lowest BCUT2D eigenvalue weighted by molar-refractivity contribution is -0.116. The van der Waals surface area contributed by atoms with Gasteiger partial charge in [0.25, 0.3) is 0 Å². The second kappa shape index (κ2) is 8.17. The summed E-state index contributed by atoms with van der Waals surface area (Å²) in [6.45, 7) is 3.82. The highest BCUT2D eigenvalue weighted by molar-refractivity contribution is 5.90. The topological polar surface area (TPSA) is 90.0 Å². The molecule has 160 valence electrons. The maximum Gasteiger partial charge on any atom is 0.224 e. The van der Waals surface area contributed by atoms with Crippen molar-refractivity contribution < 1.29 is 18.0 Å². The molecule has 0 spiro atoms. The van der Waals surface area contributed by atoms with E-state index in [4.69, 9.17) is 0 Å². The largest absolute Gasteiger partial charge is 0.326 e. The van der Waals surface area contributed by atoms with Crippen molar-refractivity contribution in [3.8, 4) is 5.82 Å². The highest BCUT2D eigenvalue weighted by Gasteiger charge is 2.14. The number of fused-ring (bicyclic) bond motifs is 1.